The number of nitro groups is 1. The van der Waals surface area contributed by atoms with Crippen LogP contribution < -0.4 is 5.32 Å². The number of aromatic amines is 1. The fourth-order valence-electron chi connectivity index (χ4n) is 1.03. The zero-order valence-corrected chi connectivity index (χ0v) is 10.5. The first kappa shape index (κ1) is 12.7. The minimum absolute atomic E-state index is 0.123. The Balaban J connectivity index is 2.77. The summed E-state index contributed by atoms with van der Waals surface area (Å²) in [4.78, 5) is 24.1. The number of nitrogens with zero attached hydrogens (tertiary/aromatic N) is 1. The van der Waals surface area contributed by atoms with Gasteiger partial charge in [-0.1, -0.05) is 15.9 Å². The third-order valence-electron chi connectivity index (χ3n) is 1.91. The summed E-state index contributed by atoms with van der Waals surface area (Å²) < 4.78 is 0. The Kier molecular flexibility index (Phi) is 3.69. The van der Waals surface area contributed by atoms with E-state index in [9.17, 15) is 14.9 Å². The topological polar surface area (TPSA) is 88.0 Å². The second-order valence-electron chi connectivity index (χ2n) is 4.00. The number of aromatic nitrogens is 1. The van der Waals surface area contributed by atoms with Gasteiger partial charge in [-0.3, -0.25) is 14.9 Å². The van der Waals surface area contributed by atoms with Crippen LogP contribution in [-0.4, -0.2) is 26.7 Å². The molecule has 0 saturated carbocycles. The van der Waals surface area contributed by atoms with Crippen molar-refractivity contribution in [3.8, 4) is 0 Å². The first-order chi connectivity index (χ1) is 7.35. The monoisotopic (exact) mass is 289 g/mol. The van der Waals surface area contributed by atoms with Crippen molar-refractivity contribution in [1.82, 2.24) is 10.3 Å². The van der Waals surface area contributed by atoms with Gasteiger partial charge in [0.25, 0.3) is 11.6 Å². The van der Waals surface area contributed by atoms with Crippen LogP contribution in [0.5, 0.6) is 0 Å². The van der Waals surface area contributed by atoms with Gasteiger partial charge in [-0.15, -0.1) is 0 Å². The molecule has 7 heteroatoms. The molecule has 0 aromatic carbocycles. The van der Waals surface area contributed by atoms with Crippen LogP contribution in [0.2, 0.25) is 0 Å². The van der Waals surface area contributed by atoms with E-state index in [0.29, 0.717) is 5.33 Å². The van der Waals surface area contributed by atoms with Crippen LogP contribution in [0.3, 0.4) is 0 Å². The maximum atomic E-state index is 11.7. The number of hydrogen-bond donors (Lipinski definition) is 2. The smallest absolute Gasteiger partial charge is 0.287 e. The van der Waals surface area contributed by atoms with Crippen LogP contribution in [0.15, 0.2) is 12.3 Å². The number of amides is 1. The van der Waals surface area contributed by atoms with Gasteiger partial charge in [-0.2, -0.15) is 0 Å². The van der Waals surface area contributed by atoms with E-state index >= 15 is 0 Å². The third-order valence-corrected chi connectivity index (χ3v) is 3.31. The van der Waals surface area contributed by atoms with Crippen LogP contribution in [0.1, 0.15) is 24.3 Å². The lowest BCUT2D eigenvalue weighted by Crippen LogP contribution is -2.44. The zero-order valence-electron chi connectivity index (χ0n) is 8.91. The van der Waals surface area contributed by atoms with Crippen molar-refractivity contribution in [3.05, 3.63) is 28.1 Å². The molecule has 0 aliphatic carbocycles. The maximum absolute atomic E-state index is 11.7. The highest BCUT2D eigenvalue weighted by Crippen LogP contribution is 2.13. The quantitative estimate of drug-likeness (QED) is 0.503. The van der Waals surface area contributed by atoms with Crippen LogP contribution >= 0.6 is 15.9 Å². The second kappa shape index (κ2) is 4.65. The molecule has 0 aliphatic rings. The molecule has 0 aliphatic heterocycles. The number of H-pyrrole nitrogens is 1. The first-order valence-corrected chi connectivity index (χ1v) is 5.69. The number of alkyl halides is 1. The van der Waals surface area contributed by atoms with Gasteiger partial charge in [0.05, 0.1) is 11.1 Å². The SMILES string of the molecule is CC(C)(CBr)NC(=O)c1cc([N+](=O)[O-])c[nH]1. The maximum Gasteiger partial charge on any atom is 0.287 e. The largest absolute Gasteiger partial charge is 0.351 e. The van der Waals surface area contributed by atoms with Crippen molar-refractivity contribution in [1.29, 1.82) is 0 Å². The lowest BCUT2D eigenvalue weighted by Gasteiger charge is -2.22. The summed E-state index contributed by atoms with van der Waals surface area (Å²) >= 11 is 3.27. The third kappa shape index (κ3) is 3.06. The van der Waals surface area contributed by atoms with Gasteiger partial charge < -0.3 is 10.3 Å². The lowest BCUT2D eigenvalue weighted by atomic mass is 10.1. The molecule has 0 fully saturated rings. The molecule has 16 heavy (non-hydrogen) atoms. The van der Waals surface area contributed by atoms with E-state index in [-0.39, 0.29) is 17.3 Å². The number of hydrogen-bond acceptors (Lipinski definition) is 3. The van der Waals surface area contributed by atoms with Crippen molar-refractivity contribution < 1.29 is 9.72 Å². The van der Waals surface area contributed by atoms with Crippen molar-refractivity contribution >= 4 is 27.5 Å². The molecule has 0 spiro atoms. The molecule has 0 atom stereocenters. The number of nitrogens with one attached hydrogen (secondary N) is 2. The summed E-state index contributed by atoms with van der Waals surface area (Å²) in [6.07, 6.45) is 1.19. The summed E-state index contributed by atoms with van der Waals surface area (Å²) in [5.41, 5.74) is -0.348. The fraction of sp³-hybridized carbons (Fsp3) is 0.444. The highest BCUT2D eigenvalue weighted by molar-refractivity contribution is 9.09. The Morgan fingerprint density at radius 1 is 1.69 bits per heavy atom. The van der Waals surface area contributed by atoms with Crippen molar-refractivity contribution in [3.63, 3.8) is 0 Å². The van der Waals surface area contributed by atoms with Gasteiger partial charge in [-0.05, 0) is 13.8 Å². The van der Waals surface area contributed by atoms with Crippen LogP contribution in [0.25, 0.3) is 0 Å². The highest BCUT2D eigenvalue weighted by atomic mass is 79.9. The zero-order chi connectivity index (χ0) is 12.3. The van der Waals surface area contributed by atoms with E-state index in [2.05, 4.69) is 26.2 Å². The van der Waals surface area contributed by atoms with E-state index in [1.807, 2.05) is 13.8 Å². The molecule has 1 amide bonds. The summed E-state index contributed by atoms with van der Waals surface area (Å²) in [5, 5.41) is 13.8. The number of carbonyl (C=O) groups excluding carboxylic acids is 1. The van der Waals surface area contributed by atoms with E-state index in [0.717, 1.165) is 0 Å². The Hall–Kier alpha value is -1.37. The van der Waals surface area contributed by atoms with Gasteiger partial charge in [-0.25, -0.2) is 0 Å². The van der Waals surface area contributed by atoms with Crippen LogP contribution in [0, 0.1) is 10.1 Å². The van der Waals surface area contributed by atoms with Crippen molar-refractivity contribution in [2.75, 3.05) is 5.33 Å². The minimum atomic E-state index is -0.553. The van der Waals surface area contributed by atoms with Gasteiger partial charge in [0.2, 0.25) is 0 Å². The molecule has 2 N–H and O–H groups in total. The second-order valence-corrected chi connectivity index (χ2v) is 4.56. The Morgan fingerprint density at radius 3 is 2.75 bits per heavy atom. The Labute approximate surface area is 101 Å². The predicted molar refractivity (Wildman–Crippen MR) is 62.8 cm³/mol. The standard InChI is InChI=1S/C9H12BrN3O3/c1-9(2,5-10)12-8(14)7-3-6(4-11-7)13(15)16/h3-4,11H,5H2,1-2H3,(H,12,14). The lowest BCUT2D eigenvalue weighted by molar-refractivity contribution is -0.384. The molecular weight excluding hydrogens is 278 g/mol. The minimum Gasteiger partial charge on any atom is -0.351 e. The fourth-order valence-corrected chi connectivity index (χ4v) is 1.17. The summed E-state index contributed by atoms with van der Waals surface area (Å²) in [7, 11) is 0. The molecule has 88 valence electrons. The molecule has 0 radical (unpaired) electrons. The van der Waals surface area contributed by atoms with E-state index < -0.39 is 10.5 Å². The summed E-state index contributed by atoms with van der Waals surface area (Å²) in [5.74, 6) is -0.363. The molecule has 1 aromatic heterocycles. The highest BCUT2D eigenvalue weighted by Gasteiger charge is 2.21. The average Bonchev–Trinajstić information content (AvgIpc) is 2.66. The molecule has 0 unspecified atom stereocenters. The van der Waals surface area contributed by atoms with E-state index in [1.54, 1.807) is 0 Å². The van der Waals surface area contributed by atoms with Crippen molar-refractivity contribution in [2.24, 2.45) is 0 Å². The molecule has 6 nitrogen and oxygen atoms in total. The first-order valence-electron chi connectivity index (χ1n) is 4.57. The van der Waals surface area contributed by atoms with Gasteiger partial charge in [0.15, 0.2) is 0 Å². The van der Waals surface area contributed by atoms with E-state index in [4.69, 9.17) is 0 Å². The number of carbonyl (C=O) groups is 1. The van der Waals surface area contributed by atoms with Crippen LogP contribution in [0.4, 0.5) is 5.69 Å². The van der Waals surface area contributed by atoms with Crippen molar-refractivity contribution in [2.45, 2.75) is 19.4 Å². The Bertz CT molecular complexity index is 414. The average molecular weight is 290 g/mol. The molecule has 1 rings (SSSR count). The van der Waals surface area contributed by atoms with Gasteiger partial charge >= 0.3 is 0 Å². The molecule has 1 heterocycles. The Morgan fingerprint density at radius 2 is 2.31 bits per heavy atom. The number of halogens is 1. The van der Waals surface area contributed by atoms with E-state index in [1.165, 1.54) is 12.3 Å². The molecule has 0 bridgehead atoms. The van der Waals surface area contributed by atoms with Crippen LogP contribution in [-0.2, 0) is 0 Å². The predicted octanol–water partition coefficient (Wildman–Crippen LogP) is 1.83. The van der Waals surface area contributed by atoms with Gasteiger partial charge in [0, 0.05) is 16.9 Å². The molecule has 1 aromatic rings. The summed E-state index contributed by atoms with van der Waals surface area (Å²) in [6.45, 7) is 3.69. The molecular formula is C9H12BrN3O3. The summed E-state index contributed by atoms with van der Waals surface area (Å²) in [6, 6.07) is 1.21. The number of rotatable bonds is 4. The van der Waals surface area contributed by atoms with Gasteiger partial charge in [0.1, 0.15) is 5.69 Å². The molecule has 0 saturated heterocycles. The normalized spacial score (nSPS) is 11.2.